The number of ether oxygens (including phenoxy) is 1. The summed E-state index contributed by atoms with van der Waals surface area (Å²) in [7, 11) is 0. The predicted octanol–water partition coefficient (Wildman–Crippen LogP) is 1.15. The number of aromatic nitrogens is 1. The first kappa shape index (κ1) is 12.0. The number of morpholine rings is 1. The van der Waals surface area contributed by atoms with E-state index >= 15 is 0 Å². The van der Waals surface area contributed by atoms with Crippen molar-refractivity contribution in [3.05, 3.63) is 22.4 Å². The van der Waals surface area contributed by atoms with Gasteiger partial charge in [-0.15, -0.1) is 0 Å². The van der Waals surface area contributed by atoms with Crippen molar-refractivity contribution >= 4 is 5.82 Å². The highest BCUT2D eigenvalue weighted by atomic mass is 16.5. The largest absolute Gasteiger partial charge is 0.378 e. The molecule has 0 amide bonds. The molecule has 0 N–H and O–H groups in total. The third-order valence-corrected chi connectivity index (χ3v) is 3.74. The monoisotopic (exact) mass is 254 g/mol. The number of pyridine rings is 1. The predicted molar refractivity (Wildman–Crippen MR) is 68.7 cm³/mol. The summed E-state index contributed by atoms with van der Waals surface area (Å²) < 4.78 is 5.33. The number of hydrogen-bond donors (Lipinski definition) is 0. The number of hydrogen-bond acceptors (Lipinski definition) is 5. The van der Waals surface area contributed by atoms with Crippen molar-refractivity contribution in [2.75, 3.05) is 31.2 Å². The smallest absolute Gasteiger partial charge is 0.148 e. The second-order valence-corrected chi connectivity index (χ2v) is 4.79. The molecule has 96 valence electrons. The molecule has 2 heterocycles. The van der Waals surface area contributed by atoms with Gasteiger partial charge in [0.05, 0.1) is 18.8 Å². The van der Waals surface area contributed by atoms with E-state index in [1.165, 1.54) is 0 Å². The quantitative estimate of drug-likeness (QED) is 0.751. The van der Waals surface area contributed by atoms with E-state index in [9.17, 15) is 10.5 Å². The first-order valence-electron chi connectivity index (χ1n) is 6.53. The maximum absolute atomic E-state index is 9.39. The van der Waals surface area contributed by atoms with Crippen LogP contribution in [-0.4, -0.2) is 31.3 Å². The molecule has 0 radical (unpaired) electrons. The number of nitrogens with zero attached hydrogens (tertiary/aromatic N) is 4. The molecule has 19 heavy (non-hydrogen) atoms. The van der Waals surface area contributed by atoms with Crippen LogP contribution in [0.4, 0.5) is 5.82 Å². The molecule has 0 spiro atoms. The van der Waals surface area contributed by atoms with Crippen LogP contribution in [0.5, 0.6) is 0 Å². The molecular formula is C14H14N4O. The average molecular weight is 254 g/mol. The van der Waals surface area contributed by atoms with Gasteiger partial charge in [-0.3, -0.25) is 0 Å². The van der Waals surface area contributed by atoms with E-state index < -0.39 is 0 Å². The summed E-state index contributed by atoms with van der Waals surface area (Å²) in [6.07, 6.45) is 2.80. The van der Waals surface area contributed by atoms with Crippen molar-refractivity contribution in [1.29, 1.82) is 10.5 Å². The summed E-state index contributed by atoms with van der Waals surface area (Å²) in [4.78, 5) is 6.71. The molecule has 1 aliphatic heterocycles. The molecule has 5 heteroatoms. The summed E-state index contributed by atoms with van der Waals surface area (Å²) in [5, 5.41) is 18.8. The molecule has 5 nitrogen and oxygen atoms in total. The van der Waals surface area contributed by atoms with Gasteiger partial charge in [0.2, 0.25) is 0 Å². The van der Waals surface area contributed by atoms with Crippen molar-refractivity contribution in [3.63, 3.8) is 0 Å². The van der Waals surface area contributed by atoms with Gasteiger partial charge in [-0.05, 0) is 24.8 Å². The van der Waals surface area contributed by atoms with E-state index in [1.807, 2.05) is 0 Å². The summed E-state index contributed by atoms with van der Waals surface area (Å²) in [5.41, 5.74) is 2.95. The molecular weight excluding hydrogens is 240 g/mol. The average Bonchev–Trinajstić information content (AvgIpc) is 2.94. The number of nitriles is 2. The number of aryl methyl sites for hydroxylation is 1. The fraction of sp³-hybridized carbons (Fsp3) is 0.500. The minimum absolute atomic E-state index is 0.435. The standard InChI is InChI=1S/C14H14N4O/c15-8-11-10-2-1-3-13(10)17-14(12(11)9-16)18-4-6-19-7-5-18/h1-7H2. The number of anilines is 1. The van der Waals surface area contributed by atoms with Crippen LogP contribution in [0.2, 0.25) is 0 Å². The maximum atomic E-state index is 9.39. The van der Waals surface area contributed by atoms with Crippen LogP contribution in [0.1, 0.15) is 28.8 Å². The molecule has 1 saturated heterocycles. The minimum Gasteiger partial charge on any atom is -0.378 e. The highest BCUT2D eigenvalue weighted by molar-refractivity contribution is 5.65. The Morgan fingerprint density at radius 1 is 1.05 bits per heavy atom. The lowest BCUT2D eigenvalue weighted by Gasteiger charge is -2.29. The number of rotatable bonds is 1. The van der Waals surface area contributed by atoms with Crippen LogP contribution < -0.4 is 4.90 Å². The fourth-order valence-electron chi connectivity index (χ4n) is 2.80. The first-order valence-corrected chi connectivity index (χ1v) is 6.53. The number of fused-ring (bicyclic) bond motifs is 1. The Kier molecular flexibility index (Phi) is 3.06. The normalized spacial score (nSPS) is 17.7. The highest BCUT2D eigenvalue weighted by Crippen LogP contribution is 2.31. The molecule has 1 aromatic heterocycles. The van der Waals surface area contributed by atoms with Crippen LogP contribution in [0.25, 0.3) is 0 Å². The summed E-state index contributed by atoms with van der Waals surface area (Å²) in [5.74, 6) is 0.669. The summed E-state index contributed by atoms with van der Waals surface area (Å²) in [6.45, 7) is 2.74. The van der Waals surface area contributed by atoms with E-state index in [1.54, 1.807) is 0 Å². The molecule has 0 aromatic carbocycles. The van der Waals surface area contributed by atoms with Crippen molar-refractivity contribution in [3.8, 4) is 12.1 Å². The third-order valence-electron chi connectivity index (χ3n) is 3.74. The van der Waals surface area contributed by atoms with Crippen LogP contribution in [0.3, 0.4) is 0 Å². The molecule has 0 saturated carbocycles. The third kappa shape index (κ3) is 1.93. The van der Waals surface area contributed by atoms with Gasteiger partial charge in [0.15, 0.2) is 0 Å². The highest BCUT2D eigenvalue weighted by Gasteiger charge is 2.26. The summed E-state index contributed by atoms with van der Waals surface area (Å²) >= 11 is 0. The maximum Gasteiger partial charge on any atom is 0.148 e. The van der Waals surface area contributed by atoms with E-state index in [0.717, 1.165) is 43.6 Å². The van der Waals surface area contributed by atoms with E-state index in [0.29, 0.717) is 30.2 Å². The lowest BCUT2D eigenvalue weighted by molar-refractivity contribution is 0.122. The van der Waals surface area contributed by atoms with Gasteiger partial charge < -0.3 is 9.64 Å². The molecule has 2 aliphatic rings. The Hall–Kier alpha value is -2.11. The minimum atomic E-state index is 0.435. The van der Waals surface area contributed by atoms with Gasteiger partial charge in [0, 0.05) is 18.8 Å². The molecule has 1 aromatic rings. The lowest BCUT2D eigenvalue weighted by Crippen LogP contribution is -2.37. The Bertz CT molecular complexity index is 591. The van der Waals surface area contributed by atoms with Gasteiger partial charge >= 0.3 is 0 Å². The second kappa shape index (κ2) is 4.87. The van der Waals surface area contributed by atoms with Crippen LogP contribution >= 0.6 is 0 Å². The Morgan fingerprint density at radius 2 is 1.79 bits per heavy atom. The second-order valence-electron chi connectivity index (χ2n) is 4.79. The Labute approximate surface area is 112 Å². The molecule has 1 fully saturated rings. The van der Waals surface area contributed by atoms with Gasteiger partial charge in [-0.25, -0.2) is 4.98 Å². The van der Waals surface area contributed by atoms with Crippen molar-refractivity contribution in [2.45, 2.75) is 19.3 Å². The molecule has 3 rings (SSSR count). The van der Waals surface area contributed by atoms with Gasteiger partial charge in [0.25, 0.3) is 0 Å². The fourth-order valence-corrected chi connectivity index (χ4v) is 2.80. The zero-order valence-corrected chi connectivity index (χ0v) is 10.6. The summed E-state index contributed by atoms with van der Waals surface area (Å²) in [6, 6.07) is 4.38. The Balaban J connectivity index is 2.14. The molecule has 1 aliphatic carbocycles. The van der Waals surface area contributed by atoms with E-state index in [4.69, 9.17) is 4.74 Å². The van der Waals surface area contributed by atoms with Crippen molar-refractivity contribution in [1.82, 2.24) is 4.98 Å². The van der Waals surface area contributed by atoms with Crippen molar-refractivity contribution < 1.29 is 4.74 Å². The van der Waals surface area contributed by atoms with E-state index in [-0.39, 0.29) is 0 Å². The zero-order valence-electron chi connectivity index (χ0n) is 10.6. The molecule has 0 bridgehead atoms. The van der Waals surface area contributed by atoms with Crippen LogP contribution in [0.15, 0.2) is 0 Å². The Morgan fingerprint density at radius 3 is 2.47 bits per heavy atom. The SMILES string of the molecule is N#Cc1c(N2CCOCC2)nc2c(c1C#N)CCC2. The van der Waals surface area contributed by atoms with Crippen LogP contribution in [-0.2, 0) is 17.6 Å². The molecule has 0 unspecified atom stereocenters. The van der Waals surface area contributed by atoms with Gasteiger partial charge in [0.1, 0.15) is 23.5 Å². The first-order chi connectivity index (χ1) is 9.35. The van der Waals surface area contributed by atoms with Gasteiger partial charge in [-0.1, -0.05) is 0 Å². The van der Waals surface area contributed by atoms with Crippen molar-refractivity contribution in [2.24, 2.45) is 0 Å². The topological polar surface area (TPSA) is 72.9 Å². The van der Waals surface area contributed by atoms with Gasteiger partial charge in [-0.2, -0.15) is 10.5 Å². The lowest BCUT2D eigenvalue weighted by atomic mass is 10.0. The van der Waals surface area contributed by atoms with Crippen LogP contribution in [0, 0.1) is 22.7 Å². The zero-order chi connectivity index (χ0) is 13.2. The molecule has 0 atom stereocenters. The van der Waals surface area contributed by atoms with E-state index in [2.05, 4.69) is 22.0 Å².